The van der Waals surface area contributed by atoms with E-state index in [0.29, 0.717) is 31.6 Å². The lowest BCUT2D eigenvalue weighted by molar-refractivity contribution is 0.257. The molecule has 0 aromatic rings. The number of nitrogens with one attached hydrogen (secondary N) is 2. The van der Waals surface area contributed by atoms with E-state index in [1.807, 2.05) is 19.0 Å². The first-order chi connectivity index (χ1) is 9.47. The SMILES string of the molecule is CN(C)CCNS(=O)(=O)N1CCCC(CNC2CC2)C1. The van der Waals surface area contributed by atoms with E-state index in [1.165, 1.54) is 12.8 Å². The Balaban J connectivity index is 1.76. The predicted octanol–water partition coefficient (Wildman–Crippen LogP) is -0.154. The van der Waals surface area contributed by atoms with Gasteiger partial charge in [-0.05, 0) is 52.2 Å². The van der Waals surface area contributed by atoms with Gasteiger partial charge >= 0.3 is 0 Å². The molecule has 0 aromatic heterocycles. The van der Waals surface area contributed by atoms with E-state index in [1.54, 1.807) is 4.31 Å². The Morgan fingerprint density at radius 1 is 1.25 bits per heavy atom. The van der Waals surface area contributed by atoms with Gasteiger partial charge in [0, 0.05) is 32.2 Å². The summed E-state index contributed by atoms with van der Waals surface area (Å²) in [6, 6.07) is 0.695. The minimum atomic E-state index is -3.31. The maximum absolute atomic E-state index is 12.2. The van der Waals surface area contributed by atoms with Gasteiger partial charge in [-0.2, -0.15) is 12.7 Å². The van der Waals surface area contributed by atoms with E-state index in [9.17, 15) is 8.42 Å². The van der Waals surface area contributed by atoms with Crippen molar-refractivity contribution >= 4 is 10.2 Å². The van der Waals surface area contributed by atoms with Crippen molar-refractivity contribution in [2.45, 2.75) is 31.7 Å². The fourth-order valence-corrected chi connectivity index (χ4v) is 3.83. The number of rotatable bonds is 8. The minimum Gasteiger partial charge on any atom is -0.314 e. The van der Waals surface area contributed by atoms with Crippen LogP contribution in [0.5, 0.6) is 0 Å². The summed E-state index contributed by atoms with van der Waals surface area (Å²) >= 11 is 0. The van der Waals surface area contributed by atoms with E-state index in [0.717, 1.165) is 25.9 Å². The molecule has 2 aliphatic rings. The highest BCUT2D eigenvalue weighted by molar-refractivity contribution is 7.87. The van der Waals surface area contributed by atoms with E-state index < -0.39 is 10.2 Å². The van der Waals surface area contributed by atoms with Crippen molar-refractivity contribution in [3.63, 3.8) is 0 Å². The van der Waals surface area contributed by atoms with E-state index >= 15 is 0 Å². The van der Waals surface area contributed by atoms with E-state index in [-0.39, 0.29) is 0 Å². The van der Waals surface area contributed by atoms with Gasteiger partial charge in [-0.3, -0.25) is 0 Å². The summed E-state index contributed by atoms with van der Waals surface area (Å²) in [4.78, 5) is 1.97. The fourth-order valence-electron chi connectivity index (χ4n) is 2.52. The van der Waals surface area contributed by atoms with Crippen molar-refractivity contribution in [3.8, 4) is 0 Å². The lowest BCUT2D eigenvalue weighted by atomic mass is 10.00. The molecule has 0 radical (unpaired) electrons. The van der Waals surface area contributed by atoms with Crippen molar-refractivity contribution in [2.75, 3.05) is 46.8 Å². The summed E-state index contributed by atoms with van der Waals surface area (Å²) in [6.45, 7) is 3.44. The van der Waals surface area contributed by atoms with Crippen molar-refractivity contribution in [1.82, 2.24) is 19.2 Å². The number of hydrogen-bond acceptors (Lipinski definition) is 4. The molecular weight excluding hydrogens is 276 g/mol. The maximum atomic E-state index is 12.2. The van der Waals surface area contributed by atoms with Crippen LogP contribution in [0.4, 0.5) is 0 Å². The molecule has 1 heterocycles. The molecular formula is C13H28N4O2S. The van der Waals surface area contributed by atoms with Crippen LogP contribution in [-0.2, 0) is 10.2 Å². The van der Waals surface area contributed by atoms with Crippen LogP contribution in [0.25, 0.3) is 0 Å². The second kappa shape index (κ2) is 7.17. The maximum Gasteiger partial charge on any atom is 0.279 e. The lowest BCUT2D eigenvalue weighted by Crippen LogP contribution is -2.48. The third kappa shape index (κ3) is 5.29. The molecule has 1 atom stereocenters. The van der Waals surface area contributed by atoms with Gasteiger partial charge in [0.2, 0.25) is 0 Å². The molecule has 1 aliphatic heterocycles. The molecule has 2 fully saturated rings. The molecule has 1 aliphatic carbocycles. The summed E-state index contributed by atoms with van der Waals surface area (Å²) in [7, 11) is 0.573. The standard InChI is InChI=1S/C13H28N4O2S/c1-16(2)9-7-15-20(18,19)17-8-3-4-12(11-17)10-14-13-5-6-13/h12-15H,3-11H2,1-2H3. The third-order valence-electron chi connectivity index (χ3n) is 3.94. The van der Waals surface area contributed by atoms with E-state index in [4.69, 9.17) is 0 Å². The van der Waals surface area contributed by atoms with Crippen LogP contribution in [0.1, 0.15) is 25.7 Å². The molecule has 6 nitrogen and oxygen atoms in total. The largest absolute Gasteiger partial charge is 0.314 e. The number of hydrogen-bond donors (Lipinski definition) is 2. The normalized spacial score (nSPS) is 25.2. The number of piperidine rings is 1. The molecule has 0 spiro atoms. The van der Waals surface area contributed by atoms with Gasteiger partial charge in [0.05, 0.1) is 0 Å². The quantitative estimate of drug-likeness (QED) is 0.654. The molecule has 0 aromatic carbocycles. The topological polar surface area (TPSA) is 64.7 Å². The molecule has 1 saturated carbocycles. The highest BCUT2D eigenvalue weighted by Crippen LogP contribution is 2.22. The number of likely N-dealkylation sites (N-methyl/N-ethyl adjacent to an activating group) is 1. The second-order valence-electron chi connectivity index (χ2n) is 6.25. The second-order valence-corrected chi connectivity index (χ2v) is 8.01. The Hall–Kier alpha value is -0.210. The van der Waals surface area contributed by atoms with Gasteiger partial charge in [-0.25, -0.2) is 4.72 Å². The van der Waals surface area contributed by atoms with E-state index in [2.05, 4.69) is 10.0 Å². The van der Waals surface area contributed by atoms with Crippen LogP contribution in [0.15, 0.2) is 0 Å². The fraction of sp³-hybridized carbons (Fsp3) is 1.00. The Labute approximate surface area is 123 Å². The average Bonchev–Trinajstić information content (AvgIpc) is 3.20. The summed E-state index contributed by atoms with van der Waals surface area (Å²) in [6.07, 6.45) is 4.65. The zero-order chi connectivity index (χ0) is 14.6. The molecule has 1 unspecified atom stereocenters. The third-order valence-corrected chi connectivity index (χ3v) is 5.52. The molecule has 118 valence electrons. The van der Waals surface area contributed by atoms with Crippen molar-refractivity contribution < 1.29 is 8.42 Å². The number of nitrogens with zero attached hydrogens (tertiary/aromatic N) is 2. The van der Waals surface area contributed by atoms with Crippen LogP contribution < -0.4 is 10.0 Å². The Morgan fingerprint density at radius 2 is 2.00 bits per heavy atom. The van der Waals surface area contributed by atoms with Crippen LogP contribution in [0.2, 0.25) is 0 Å². The Morgan fingerprint density at radius 3 is 2.65 bits per heavy atom. The summed E-state index contributed by atoms with van der Waals surface area (Å²) in [5, 5.41) is 3.51. The van der Waals surface area contributed by atoms with Crippen LogP contribution in [0, 0.1) is 5.92 Å². The first-order valence-corrected chi connectivity index (χ1v) is 9.04. The first-order valence-electron chi connectivity index (χ1n) is 7.60. The van der Waals surface area contributed by atoms with Gasteiger partial charge in [-0.1, -0.05) is 0 Å². The summed E-state index contributed by atoms with van der Waals surface area (Å²) < 4.78 is 28.8. The molecule has 7 heteroatoms. The average molecular weight is 304 g/mol. The van der Waals surface area contributed by atoms with Gasteiger partial charge in [0.1, 0.15) is 0 Å². The van der Waals surface area contributed by atoms with Crippen molar-refractivity contribution in [3.05, 3.63) is 0 Å². The molecule has 0 amide bonds. The van der Waals surface area contributed by atoms with Crippen LogP contribution in [-0.4, -0.2) is 70.5 Å². The predicted molar refractivity (Wildman–Crippen MR) is 80.8 cm³/mol. The van der Waals surface area contributed by atoms with Crippen LogP contribution in [0.3, 0.4) is 0 Å². The molecule has 2 rings (SSSR count). The smallest absolute Gasteiger partial charge is 0.279 e. The zero-order valence-corrected chi connectivity index (χ0v) is 13.5. The van der Waals surface area contributed by atoms with Crippen molar-refractivity contribution in [2.24, 2.45) is 5.92 Å². The Bertz CT molecular complexity index is 395. The first kappa shape index (κ1) is 16.2. The summed E-state index contributed by atoms with van der Waals surface area (Å²) in [5.74, 6) is 0.453. The van der Waals surface area contributed by atoms with Gasteiger partial charge in [0.15, 0.2) is 0 Å². The lowest BCUT2D eigenvalue weighted by Gasteiger charge is -2.32. The monoisotopic (exact) mass is 304 g/mol. The zero-order valence-electron chi connectivity index (χ0n) is 12.6. The van der Waals surface area contributed by atoms with Gasteiger partial charge in [0.25, 0.3) is 10.2 Å². The van der Waals surface area contributed by atoms with Crippen LogP contribution >= 0.6 is 0 Å². The van der Waals surface area contributed by atoms with Gasteiger partial charge in [-0.15, -0.1) is 0 Å². The molecule has 2 N–H and O–H groups in total. The molecule has 20 heavy (non-hydrogen) atoms. The van der Waals surface area contributed by atoms with Crippen molar-refractivity contribution in [1.29, 1.82) is 0 Å². The Kier molecular flexibility index (Phi) is 5.80. The highest BCUT2D eigenvalue weighted by atomic mass is 32.2. The molecule has 0 bridgehead atoms. The minimum absolute atomic E-state index is 0.453. The highest BCUT2D eigenvalue weighted by Gasteiger charge is 2.29. The summed E-state index contributed by atoms with van der Waals surface area (Å²) in [5.41, 5.74) is 0. The molecule has 1 saturated heterocycles. The van der Waals surface area contributed by atoms with Gasteiger partial charge < -0.3 is 10.2 Å².